The number of carbonyl (C=O) groups is 2. The van der Waals surface area contributed by atoms with Crippen LogP contribution in [0.4, 0.5) is 0 Å². The highest BCUT2D eigenvalue weighted by Crippen LogP contribution is 2.22. The van der Waals surface area contributed by atoms with Crippen LogP contribution in [0.5, 0.6) is 0 Å². The van der Waals surface area contributed by atoms with Gasteiger partial charge in [0, 0.05) is 12.8 Å². The maximum absolute atomic E-state index is 12.7. The molecule has 1 rings (SSSR count). The minimum absolute atomic E-state index is 0.209. The summed E-state index contributed by atoms with van der Waals surface area (Å²) in [6.45, 7) is 3.33. The van der Waals surface area contributed by atoms with Crippen LogP contribution >= 0.6 is 0 Å². The molecule has 0 aliphatic carbocycles. The predicted octanol–water partition coefficient (Wildman–Crippen LogP) is 8.88. The van der Waals surface area contributed by atoms with Crippen LogP contribution in [0.15, 0.2) is 48.6 Å². The van der Waals surface area contributed by atoms with Gasteiger partial charge in [0.2, 0.25) is 0 Å². The van der Waals surface area contributed by atoms with Crippen LogP contribution in [0, 0.1) is 0 Å². The first-order chi connectivity index (χ1) is 26.8. The van der Waals surface area contributed by atoms with Gasteiger partial charge in [-0.25, -0.2) is 0 Å². The van der Waals surface area contributed by atoms with E-state index in [4.69, 9.17) is 18.9 Å². The number of aliphatic hydroxyl groups excluding tert-OH is 4. The molecule has 1 heterocycles. The van der Waals surface area contributed by atoms with Gasteiger partial charge in [-0.05, 0) is 77.0 Å². The van der Waals surface area contributed by atoms with E-state index < -0.39 is 55.4 Å². The number of carbonyl (C=O) groups excluding carboxylic acids is 2. The summed E-state index contributed by atoms with van der Waals surface area (Å²) in [6, 6.07) is 0. The van der Waals surface area contributed by atoms with Crippen molar-refractivity contribution in [1.29, 1.82) is 0 Å². The molecular weight excluding hydrogens is 700 g/mol. The van der Waals surface area contributed by atoms with E-state index in [1.54, 1.807) is 0 Å². The predicted molar refractivity (Wildman–Crippen MR) is 219 cm³/mol. The molecule has 55 heavy (non-hydrogen) atoms. The Morgan fingerprint density at radius 3 is 1.51 bits per heavy atom. The Hall–Kier alpha value is -2.34. The molecule has 4 N–H and O–H groups in total. The molecule has 10 nitrogen and oxygen atoms in total. The van der Waals surface area contributed by atoms with Crippen LogP contribution in [-0.4, -0.2) is 89.0 Å². The fourth-order valence-corrected chi connectivity index (χ4v) is 6.19. The van der Waals surface area contributed by atoms with Crippen LogP contribution in [0.25, 0.3) is 0 Å². The Morgan fingerprint density at radius 1 is 0.564 bits per heavy atom. The highest BCUT2D eigenvalue weighted by Gasteiger charge is 2.44. The molecule has 1 saturated heterocycles. The first-order valence-corrected chi connectivity index (χ1v) is 21.7. The largest absolute Gasteiger partial charge is 0.462 e. The van der Waals surface area contributed by atoms with Gasteiger partial charge in [-0.3, -0.25) is 9.59 Å². The van der Waals surface area contributed by atoms with E-state index in [0.29, 0.717) is 12.8 Å². The van der Waals surface area contributed by atoms with Gasteiger partial charge in [-0.2, -0.15) is 0 Å². The van der Waals surface area contributed by atoms with Crippen molar-refractivity contribution in [3.63, 3.8) is 0 Å². The highest BCUT2D eigenvalue weighted by molar-refractivity contribution is 5.70. The van der Waals surface area contributed by atoms with E-state index in [0.717, 1.165) is 83.5 Å². The second-order valence-electron chi connectivity index (χ2n) is 14.8. The van der Waals surface area contributed by atoms with Crippen molar-refractivity contribution in [2.45, 2.75) is 205 Å². The van der Waals surface area contributed by atoms with Crippen molar-refractivity contribution in [3.05, 3.63) is 48.6 Å². The van der Waals surface area contributed by atoms with Gasteiger partial charge in [0.1, 0.15) is 31.0 Å². The number of allylic oxidation sites excluding steroid dienone is 8. The fraction of sp³-hybridized carbons (Fsp3) is 0.778. The summed E-state index contributed by atoms with van der Waals surface area (Å²) < 4.78 is 22.1. The second-order valence-corrected chi connectivity index (χ2v) is 14.8. The Kier molecular flexibility index (Phi) is 33.2. The fourth-order valence-electron chi connectivity index (χ4n) is 6.19. The van der Waals surface area contributed by atoms with Crippen molar-refractivity contribution >= 4 is 11.9 Å². The molecule has 0 saturated carbocycles. The van der Waals surface area contributed by atoms with Crippen LogP contribution in [-0.2, 0) is 28.5 Å². The molecular formula is C45H78O10. The summed E-state index contributed by atoms with van der Waals surface area (Å²) in [5, 5.41) is 40.0. The average molecular weight is 779 g/mol. The van der Waals surface area contributed by atoms with Gasteiger partial charge < -0.3 is 39.4 Å². The van der Waals surface area contributed by atoms with E-state index in [-0.39, 0.29) is 26.1 Å². The average Bonchev–Trinajstić information content (AvgIpc) is 3.18. The van der Waals surface area contributed by atoms with Crippen molar-refractivity contribution < 1.29 is 49.0 Å². The van der Waals surface area contributed by atoms with Crippen LogP contribution < -0.4 is 0 Å². The molecule has 1 aliphatic rings. The molecule has 1 aliphatic heterocycles. The Morgan fingerprint density at radius 2 is 1.02 bits per heavy atom. The topological polar surface area (TPSA) is 152 Å². The molecule has 0 amide bonds. The maximum Gasteiger partial charge on any atom is 0.306 e. The second kappa shape index (κ2) is 36.0. The molecule has 0 spiro atoms. The first-order valence-electron chi connectivity index (χ1n) is 21.7. The SMILES string of the molecule is CCCCC/C=C\C/C=C\CCCCCCCC(=O)OCC(CO[C@@H]1O[C@H](CO)[C@@H](O)[C@H](O)[C@H]1O)OC(=O)CCCCCCC/C=C\C/C=C\CCCCC. The lowest BCUT2D eigenvalue weighted by atomic mass is 9.99. The number of hydrogen-bond acceptors (Lipinski definition) is 10. The molecule has 6 atom stereocenters. The number of hydrogen-bond donors (Lipinski definition) is 4. The minimum atomic E-state index is -1.60. The number of rotatable bonds is 35. The summed E-state index contributed by atoms with van der Waals surface area (Å²) in [4.78, 5) is 25.3. The smallest absolute Gasteiger partial charge is 0.306 e. The zero-order valence-electron chi connectivity index (χ0n) is 34.4. The zero-order chi connectivity index (χ0) is 40.2. The van der Waals surface area contributed by atoms with E-state index >= 15 is 0 Å². The third-order valence-corrected chi connectivity index (χ3v) is 9.69. The van der Waals surface area contributed by atoms with Gasteiger partial charge in [0.25, 0.3) is 0 Å². The number of aliphatic hydroxyl groups is 4. The summed E-state index contributed by atoms with van der Waals surface area (Å²) >= 11 is 0. The summed E-state index contributed by atoms with van der Waals surface area (Å²) in [5.41, 5.74) is 0. The zero-order valence-corrected chi connectivity index (χ0v) is 34.4. The van der Waals surface area contributed by atoms with Crippen LogP contribution in [0.3, 0.4) is 0 Å². The van der Waals surface area contributed by atoms with Crippen LogP contribution in [0.2, 0.25) is 0 Å². The van der Waals surface area contributed by atoms with E-state index in [1.807, 2.05) is 0 Å². The summed E-state index contributed by atoms with van der Waals surface area (Å²) in [5.74, 6) is -0.842. The normalized spacial score (nSPS) is 21.0. The summed E-state index contributed by atoms with van der Waals surface area (Å²) in [6.07, 6.45) is 33.9. The van der Waals surface area contributed by atoms with Gasteiger partial charge in [0.05, 0.1) is 13.2 Å². The molecule has 0 aromatic heterocycles. The molecule has 1 fully saturated rings. The Bertz CT molecular complexity index is 1040. The third-order valence-electron chi connectivity index (χ3n) is 9.69. The lowest BCUT2D eigenvalue weighted by Crippen LogP contribution is -2.59. The van der Waals surface area contributed by atoms with Crippen molar-refractivity contribution in [2.75, 3.05) is 19.8 Å². The monoisotopic (exact) mass is 779 g/mol. The number of unbranched alkanes of at least 4 members (excludes halogenated alkanes) is 16. The van der Waals surface area contributed by atoms with Crippen LogP contribution in [0.1, 0.15) is 168 Å². The van der Waals surface area contributed by atoms with Crippen molar-refractivity contribution in [1.82, 2.24) is 0 Å². The molecule has 318 valence electrons. The lowest BCUT2D eigenvalue weighted by Gasteiger charge is -2.39. The molecule has 0 bridgehead atoms. The van der Waals surface area contributed by atoms with E-state index in [9.17, 15) is 30.0 Å². The van der Waals surface area contributed by atoms with Crippen molar-refractivity contribution in [3.8, 4) is 0 Å². The highest BCUT2D eigenvalue weighted by atomic mass is 16.7. The van der Waals surface area contributed by atoms with E-state index in [2.05, 4.69) is 62.5 Å². The molecule has 10 heteroatoms. The maximum atomic E-state index is 12.7. The van der Waals surface area contributed by atoms with Crippen molar-refractivity contribution in [2.24, 2.45) is 0 Å². The molecule has 0 radical (unpaired) electrons. The minimum Gasteiger partial charge on any atom is -0.462 e. The van der Waals surface area contributed by atoms with Gasteiger partial charge in [0.15, 0.2) is 12.4 Å². The molecule has 0 aromatic rings. The van der Waals surface area contributed by atoms with Gasteiger partial charge in [-0.15, -0.1) is 0 Å². The Balaban J connectivity index is 2.38. The molecule has 0 aromatic carbocycles. The standard InChI is InChI=1S/C45H78O10/c1-3-5-7-9-11-13-15-17-19-21-23-25-27-29-31-33-40(47)52-36-38(37-53-45-44(51)43(50)42(49)39(35-46)55-45)54-41(48)34-32-30-28-26-24-22-20-18-16-14-12-10-8-6-4-2/h11-14,17-20,38-39,42-46,49-51H,3-10,15-16,21-37H2,1-2H3/b13-11-,14-12-,19-17-,20-18-/t38?,39-,42-,43+,44-,45-/m1/s1. The van der Waals surface area contributed by atoms with E-state index in [1.165, 1.54) is 44.9 Å². The van der Waals surface area contributed by atoms with Gasteiger partial charge in [-0.1, -0.05) is 127 Å². The lowest BCUT2D eigenvalue weighted by molar-refractivity contribution is -0.305. The third kappa shape index (κ3) is 27.8. The quantitative estimate of drug-likeness (QED) is 0.0279. The summed E-state index contributed by atoms with van der Waals surface area (Å²) in [7, 11) is 0. The van der Waals surface area contributed by atoms with Gasteiger partial charge >= 0.3 is 11.9 Å². The number of ether oxygens (including phenoxy) is 4. The first kappa shape index (κ1) is 50.7. The molecule has 1 unspecified atom stereocenters. The number of esters is 2. The Labute approximate surface area is 333 Å².